The summed E-state index contributed by atoms with van der Waals surface area (Å²) in [6, 6.07) is 5.49. The van der Waals surface area contributed by atoms with Crippen molar-refractivity contribution < 1.29 is 14.0 Å². The van der Waals surface area contributed by atoms with E-state index < -0.39 is 0 Å². The van der Waals surface area contributed by atoms with Gasteiger partial charge in [-0.1, -0.05) is 18.1 Å². The predicted octanol–water partition coefficient (Wildman–Crippen LogP) is 2.09. The number of nitrogens with zero attached hydrogens (tertiary/aromatic N) is 2. The molecule has 108 valence electrons. The predicted molar refractivity (Wildman–Crippen MR) is 73.9 cm³/mol. The van der Waals surface area contributed by atoms with Crippen LogP contribution in [0.15, 0.2) is 22.7 Å². The molecule has 20 heavy (non-hydrogen) atoms. The molecule has 1 atom stereocenters. The number of ether oxygens (including phenoxy) is 2. The maximum Gasteiger partial charge on any atom is 0.243 e. The van der Waals surface area contributed by atoms with Gasteiger partial charge < -0.3 is 19.7 Å². The van der Waals surface area contributed by atoms with E-state index >= 15 is 0 Å². The van der Waals surface area contributed by atoms with E-state index in [1.165, 1.54) is 0 Å². The molecule has 0 saturated heterocycles. The Balaban J connectivity index is 2.15. The molecule has 6 nitrogen and oxygen atoms in total. The molecule has 0 spiro atoms. The quantitative estimate of drug-likeness (QED) is 0.870. The van der Waals surface area contributed by atoms with Gasteiger partial charge in [0.1, 0.15) is 0 Å². The summed E-state index contributed by atoms with van der Waals surface area (Å²) < 4.78 is 15.6. The molecule has 0 fully saturated rings. The van der Waals surface area contributed by atoms with Crippen molar-refractivity contribution in [1.82, 2.24) is 10.1 Å². The second kappa shape index (κ2) is 6.38. The molecule has 0 saturated carbocycles. The maximum atomic E-state index is 5.85. The van der Waals surface area contributed by atoms with Crippen molar-refractivity contribution in [3.05, 3.63) is 35.5 Å². The Labute approximate surface area is 117 Å². The van der Waals surface area contributed by atoms with Gasteiger partial charge in [0, 0.05) is 6.42 Å². The second-order valence-electron chi connectivity index (χ2n) is 4.43. The molecule has 6 heteroatoms. The van der Waals surface area contributed by atoms with Crippen LogP contribution in [0, 0.1) is 0 Å². The molecule has 1 heterocycles. The third kappa shape index (κ3) is 3.08. The fourth-order valence-electron chi connectivity index (χ4n) is 1.84. The van der Waals surface area contributed by atoms with E-state index in [1.54, 1.807) is 14.2 Å². The molecule has 0 aliphatic carbocycles. The van der Waals surface area contributed by atoms with Crippen molar-refractivity contribution in [3.63, 3.8) is 0 Å². The van der Waals surface area contributed by atoms with E-state index in [4.69, 9.17) is 19.7 Å². The number of hydrogen-bond donors (Lipinski definition) is 1. The van der Waals surface area contributed by atoms with Crippen LogP contribution in [-0.4, -0.2) is 24.4 Å². The fraction of sp³-hybridized carbons (Fsp3) is 0.429. The van der Waals surface area contributed by atoms with Crippen molar-refractivity contribution in [2.24, 2.45) is 5.73 Å². The van der Waals surface area contributed by atoms with E-state index in [2.05, 4.69) is 10.1 Å². The van der Waals surface area contributed by atoms with E-state index in [0.29, 0.717) is 29.6 Å². The van der Waals surface area contributed by atoms with Crippen LogP contribution < -0.4 is 15.2 Å². The summed E-state index contributed by atoms with van der Waals surface area (Å²) in [5.41, 5.74) is 6.87. The Morgan fingerprint density at radius 2 is 2.00 bits per heavy atom. The first-order valence-corrected chi connectivity index (χ1v) is 6.46. The van der Waals surface area contributed by atoms with Crippen molar-refractivity contribution in [1.29, 1.82) is 0 Å². The van der Waals surface area contributed by atoms with Crippen LogP contribution in [0.4, 0.5) is 0 Å². The Bertz CT molecular complexity index is 569. The highest BCUT2D eigenvalue weighted by molar-refractivity contribution is 5.43. The van der Waals surface area contributed by atoms with E-state index in [-0.39, 0.29) is 6.04 Å². The highest BCUT2D eigenvalue weighted by Crippen LogP contribution is 2.28. The standard InChI is InChI=1S/C14H19N3O3/c1-4-10(15)14-16-13(17-20-14)8-9-5-6-11(18-2)12(7-9)19-3/h5-7,10H,4,8,15H2,1-3H3/t10-/m0/s1. The first-order valence-electron chi connectivity index (χ1n) is 6.46. The van der Waals surface area contributed by atoms with Crippen LogP contribution in [0.5, 0.6) is 11.5 Å². The number of aromatic nitrogens is 2. The minimum absolute atomic E-state index is 0.207. The Kier molecular flexibility index (Phi) is 4.57. The third-order valence-electron chi connectivity index (χ3n) is 3.05. The van der Waals surface area contributed by atoms with Crippen molar-refractivity contribution in [2.75, 3.05) is 14.2 Å². The van der Waals surface area contributed by atoms with Crippen molar-refractivity contribution >= 4 is 0 Å². The SMILES string of the molecule is CC[C@H](N)c1nc(Cc2ccc(OC)c(OC)c2)no1. The first kappa shape index (κ1) is 14.3. The summed E-state index contributed by atoms with van der Waals surface area (Å²) in [6.07, 6.45) is 1.32. The number of benzene rings is 1. The van der Waals surface area contributed by atoms with Crippen molar-refractivity contribution in [2.45, 2.75) is 25.8 Å². The summed E-state index contributed by atoms with van der Waals surface area (Å²) in [5, 5.41) is 3.94. The average molecular weight is 277 g/mol. The van der Waals surface area contributed by atoms with Crippen LogP contribution >= 0.6 is 0 Å². The lowest BCUT2D eigenvalue weighted by molar-refractivity contribution is 0.348. The molecular formula is C14H19N3O3. The highest BCUT2D eigenvalue weighted by atomic mass is 16.5. The smallest absolute Gasteiger partial charge is 0.243 e. The molecule has 0 aliphatic rings. The lowest BCUT2D eigenvalue weighted by Crippen LogP contribution is -2.08. The second-order valence-corrected chi connectivity index (χ2v) is 4.43. The van der Waals surface area contributed by atoms with Gasteiger partial charge >= 0.3 is 0 Å². The molecule has 1 aromatic carbocycles. The molecule has 2 aromatic rings. The van der Waals surface area contributed by atoms with E-state index in [1.807, 2.05) is 25.1 Å². The summed E-state index contributed by atoms with van der Waals surface area (Å²) in [6.45, 7) is 1.98. The molecule has 2 N–H and O–H groups in total. The minimum atomic E-state index is -0.207. The van der Waals surface area contributed by atoms with Crippen LogP contribution in [-0.2, 0) is 6.42 Å². The van der Waals surface area contributed by atoms with Crippen LogP contribution in [0.3, 0.4) is 0 Å². The van der Waals surface area contributed by atoms with E-state index in [0.717, 1.165) is 12.0 Å². The minimum Gasteiger partial charge on any atom is -0.493 e. The first-order chi connectivity index (χ1) is 9.67. The number of hydrogen-bond acceptors (Lipinski definition) is 6. The van der Waals surface area contributed by atoms with Gasteiger partial charge in [0.05, 0.1) is 20.3 Å². The topological polar surface area (TPSA) is 83.4 Å². The zero-order valence-electron chi connectivity index (χ0n) is 11.9. The summed E-state index contributed by atoms with van der Waals surface area (Å²) in [4.78, 5) is 4.30. The summed E-state index contributed by atoms with van der Waals surface area (Å²) in [7, 11) is 3.21. The fourth-order valence-corrected chi connectivity index (χ4v) is 1.84. The monoisotopic (exact) mass is 277 g/mol. The van der Waals surface area contributed by atoms with Gasteiger partial charge in [-0.3, -0.25) is 0 Å². The molecule has 2 rings (SSSR count). The molecule has 0 radical (unpaired) electrons. The van der Waals surface area contributed by atoms with Gasteiger partial charge in [0.15, 0.2) is 17.3 Å². The number of methoxy groups -OCH3 is 2. The molecule has 1 aromatic heterocycles. The molecule has 0 bridgehead atoms. The zero-order chi connectivity index (χ0) is 14.5. The number of rotatable bonds is 6. The molecular weight excluding hydrogens is 258 g/mol. The van der Waals surface area contributed by atoms with Gasteiger partial charge in [-0.2, -0.15) is 4.98 Å². The largest absolute Gasteiger partial charge is 0.493 e. The van der Waals surface area contributed by atoms with Crippen LogP contribution in [0.2, 0.25) is 0 Å². The summed E-state index contributed by atoms with van der Waals surface area (Å²) in [5.74, 6) is 2.45. The molecule has 0 unspecified atom stereocenters. The van der Waals surface area contributed by atoms with Gasteiger partial charge in [0.25, 0.3) is 0 Å². The Hall–Kier alpha value is -2.08. The van der Waals surface area contributed by atoms with Crippen molar-refractivity contribution in [3.8, 4) is 11.5 Å². The van der Waals surface area contributed by atoms with Gasteiger partial charge in [0.2, 0.25) is 5.89 Å². The lowest BCUT2D eigenvalue weighted by atomic mass is 10.1. The Morgan fingerprint density at radius 1 is 1.25 bits per heavy atom. The van der Waals surface area contributed by atoms with Crippen LogP contribution in [0.1, 0.15) is 36.7 Å². The summed E-state index contributed by atoms with van der Waals surface area (Å²) >= 11 is 0. The highest BCUT2D eigenvalue weighted by Gasteiger charge is 2.13. The van der Waals surface area contributed by atoms with E-state index in [9.17, 15) is 0 Å². The van der Waals surface area contributed by atoms with Gasteiger partial charge in [-0.05, 0) is 24.1 Å². The third-order valence-corrected chi connectivity index (χ3v) is 3.05. The number of nitrogens with two attached hydrogens (primary N) is 1. The van der Waals surface area contributed by atoms with Crippen LogP contribution in [0.25, 0.3) is 0 Å². The van der Waals surface area contributed by atoms with Gasteiger partial charge in [-0.15, -0.1) is 0 Å². The van der Waals surface area contributed by atoms with Gasteiger partial charge in [-0.25, -0.2) is 0 Å². The lowest BCUT2D eigenvalue weighted by Gasteiger charge is -2.08. The zero-order valence-corrected chi connectivity index (χ0v) is 11.9. The molecule has 0 aliphatic heterocycles. The molecule has 0 amide bonds. The Morgan fingerprint density at radius 3 is 2.65 bits per heavy atom. The average Bonchev–Trinajstić information content (AvgIpc) is 2.94. The normalized spacial score (nSPS) is 12.2. The maximum absolute atomic E-state index is 5.85.